The second kappa shape index (κ2) is 11.9. The molecule has 1 unspecified atom stereocenters. The van der Waals surface area contributed by atoms with Gasteiger partial charge in [0, 0.05) is 49.9 Å². The minimum absolute atomic E-state index is 0.0242. The van der Waals surface area contributed by atoms with Gasteiger partial charge >= 0.3 is 11.3 Å². The molecule has 0 spiro atoms. The van der Waals surface area contributed by atoms with Crippen molar-refractivity contribution in [2.45, 2.75) is 32.4 Å². The van der Waals surface area contributed by atoms with Gasteiger partial charge in [-0.2, -0.15) is 0 Å². The van der Waals surface area contributed by atoms with Crippen molar-refractivity contribution >= 4 is 28.3 Å². The van der Waals surface area contributed by atoms with Crippen molar-refractivity contribution in [2.75, 3.05) is 39.3 Å². The third-order valence-electron chi connectivity index (χ3n) is 6.45. The number of benzene rings is 2. The maximum Gasteiger partial charge on any atom is 0.419 e. The molecule has 1 aromatic heterocycles. The lowest BCUT2D eigenvalue weighted by atomic mass is 10.0. The number of nitrogens with zero attached hydrogens (tertiary/aromatic N) is 3. The molecule has 1 fully saturated rings. The fourth-order valence-corrected chi connectivity index (χ4v) is 4.70. The molecule has 2 heterocycles. The van der Waals surface area contributed by atoms with Gasteiger partial charge in [0.15, 0.2) is 0 Å². The first-order valence-corrected chi connectivity index (χ1v) is 12.6. The van der Waals surface area contributed by atoms with Crippen molar-refractivity contribution in [1.29, 1.82) is 0 Å². The molecule has 0 bridgehead atoms. The molecule has 1 saturated heterocycles. The van der Waals surface area contributed by atoms with Gasteiger partial charge in [0.2, 0.25) is 5.75 Å². The largest absolute Gasteiger partial charge is 0.501 e. The van der Waals surface area contributed by atoms with Gasteiger partial charge in [-0.15, -0.1) is 0 Å². The first-order chi connectivity index (χ1) is 17.8. The zero-order valence-electron chi connectivity index (χ0n) is 20.6. The van der Waals surface area contributed by atoms with Crippen molar-refractivity contribution in [2.24, 2.45) is 0 Å². The fourth-order valence-electron chi connectivity index (χ4n) is 4.58. The van der Waals surface area contributed by atoms with Gasteiger partial charge in [-0.1, -0.05) is 37.1 Å². The van der Waals surface area contributed by atoms with Crippen LogP contribution in [0.4, 0.5) is 5.69 Å². The Morgan fingerprint density at radius 2 is 1.81 bits per heavy atom. The second-order valence-corrected chi connectivity index (χ2v) is 9.62. The van der Waals surface area contributed by atoms with Crippen LogP contribution in [0.5, 0.6) is 11.5 Å². The summed E-state index contributed by atoms with van der Waals surface area (Å²) >= 11 is 5.96. The van der Waals surface area contributed by atoms with Crippen LogP contribution in [0.2, 0.25) is 5.02 Å². The van der Waals surface area contributed by atoms with Crippen LogP contribution in [0.15, 0.2) is 45.6 Å². The number of fused-ring (bicyclic) bond motifs is 1. The Hall–Kier alpha value is -3.18. The van der Waals surface area contributed by atoms with E-state index in [2.05, 4.69) is 9.80 Å². The zero-order valence-corrected chi connectivity index (χ0v) is 21.3. The average molecular weight is 532 g/mol. The molecule has 0 radical (unpaired) electrons. The summed E-state index contributed by atoms with van der Waals surface area (Å²) in [6, 6.07) is 10.8. The lowest BCUT2D eigenvalue weighted by Crippen LogP contribution is -2.48. The summed E-state index contributed by atoms with van der Waals surface area (Å²) in [5.41, 5.74) is -0.431. The molecule has 11 heteroatoms. The minimum atomic E-state index is -1.22. The SMILES string of the molecule is CCCc1c(OCC(O)CN2CCN(Cc3ccc(Cl)cc3)CC2)ccc2c(O)c([N+](=O)[O-])c(=O)oc12. The molecular weight excluding hydrogens is 502 g/mol. The number of ether oxygens (including phenoxy) is 1. The molecule has 3 aromatic rings. The molecule has 0 amide bonds. The van der Waals surface area contributed by atoms with E-state index in [4.69, 9.17) is 20.8 Å². The summed E-state index contributed by atoms with van der Waals surface area (Å²) in [5.74, 6) is -0.326. The van der Waals surface area contributed by atoms with E-state index in [1.807, 2.05) is 31.2 Å². The van der Waals surface area contributed by atoms with E-state index < -0.39 is 28.1 Å². The molecule has 37 heavy (non-hydrogen) atoms. The molecule has 4 rings (SSSR count). The normalized spacial score (nSPS) is 15.6. The summed E-state index contributed by atoms with van der Waals surface area (Å²) < 4.78 is 11.1. The van der Waals surface area contributed by atoms with Gasteiger partial charge in [0.05, 0.1) is 10.3 Å². The van der Waals surface area contributed by atoms with Gasteiger partial charge in [0.25, 0.3) is 0 Å². The lowest BCUT2D eigenvalue weighted by molar-refractivity contribution is -0.388. The number of hydrogen-bond acceptors (Lipinski definition) is 9. The van der Waals surface area contributed by atoms with Crippen LogP contribution >= 0.6 is 11.6 Å². The van der Waals surface area contributed by atoms with Crippen LogP contribution < -0.4 is 10.4 Å². The zero-order chi connectivity index (χ0) is 26.5. The van der Waals surface area contributed by atoms with Crippen LogP contribution in [-0.2, 0) is 13.0 Å². The molecule has 1 aliphatic heterocycles. The van der Waals surface area contributed by atoms with E-state index in [9.17, 15) is 25.1 Å². The molecule has 10 nitrogen and oxygen atoms in total. The van der Waals surface area contributed by atoms with Gasteiger partial charge in [-0.25, -0.2) is 4.79 Å². The molecule has 1 atom stereocenters. The van der Waals surface area contributed by atoms with Crippen molar-refractivity contribution in [3.63, 3.8) is 0 Å². The van der Waals surface area contributed by atoms with E-state index in [0.717, 1.165) is 37.7 Å². The number of nitro groups is 1. The number of aliphatic hydroxyl groups excluding tert-OH is 1. The number of piperazine rings is 1. The van der Waals surface area contributed by atoms with Gasteiger partial charge in [0.1, 0.15) is 24.0 Å². The van der Waals surface area contributed by atoms with Gasteiger partial charge < -0.3 is 19.4 Å². The molecule has 2 aromatic carbocycles. The second-order valence-electron chi connectivity index (χ2n) is 9.18. The third kappa shape index (κ3) is 6.40. The first-order valence-electron chi connectivity index (χ1n) is 12.2. The molecule has 1 aliphatic rings. The van der Waals surface area contributed by atoms with Gasteiger partial charge in [-0.3, -0.25) is 19.9 Å². The number of aryl methyl sites for hydroxylation is 1. The summed E-state index contributed by atoms with van der Waals surface area (Å²) in [6.45, 7) is 6.67. The lowest BCUT2D eigenvalue weighted by Gasteiger charge is -2.35. The third-order valence-corrected chi connectivity index (χ3v) is 6.70. The maximum absolute atomic E-state index is 12.1. The Morgan fingerprint density at radius 3 is 2.46 bits per heavy atom. The summed E-state index contributed by atoms with van der Waals surface area (Å²) in [5, 5.41) is 32.9. The number of β-amino-alcohol motifs (C(OH)–C–C–N with tert-alkyl or cyclic N) is 1. The summed E-state index contributed by atoms with van der Waals surface area (Å²) in [6.07, 6.45) is 0.392. The molecule has 2 N–H and O–H groups in total. The smallest absolute Gasteiger partial charge is 0.419 e. The van der Waals surface area contributed by atoms with Crippen molar-refractivity contribution < 1.29 is 24.3 Å². The number of hydrogen-bond donors (Lipinski definition) is 2. The van der Waals surface area contributed by atoms with Crippen molar-refractivity contribution in [3.8, 4) is 11.5 Å². The highest BCUT2D eigenvalue weighted by atomic mass is 35.5. The van der Waals surface area contributed by atoms with Crippen LogP contribution in [0.3, 0.4) is 0 Å². The van der Waals surface area contributed by atoms with Crippen LogP contribution in [0.25, 0.3) is 11.0 Å². The molecule has 0 aliphatic carbocycles. The summed E-state index contributed by atoms with van der Waals surface area (Å²) in [7, 11) is 0. The van der Waals surface area contributed by atoms with Crippen LogP contribution in [0.1, 0.15) is 24.5 Å². The van der Waals surface area contributed by atoms with Crippen molar-refractivity contribution in [1.82, 2.24) is 9.80 Å². The Bertz CT molecular complexity index is 1300. The van der Waals surface area contributed by atoms with Crippen LogP contribution in [0, 0.1) is 10.1 Å². The summed E-state index contributed by atoms with van der Waals surface area (Å²) in [4.78, 5) is 26.9. The molecular formula is C26H30ClN3O7. The Kier molecular flexibility index (Phi) is 8.65. The van der Waals surface area contributed by atoms with Crippen LogP contribution in [-0.4, -0.2) is 70.4 Å². The number of aliphatic hydroxyl groups is 1. The standard InChI is InChI=1S/C26H30ClN3O7/c1-2-3-20-22(9-8-21-24(32)23(30(34)35)26(33)37-25(20)21)36-16-19(31)15-29-12-10-28(11-13-29)14-17-4-6-18(27)7-5-17/h4-9,19,31-32H,2-3,10-16H2,1H3. The first kappa shape index (κ1) is 26.9. The fraction of sp³-hybridized carbons (Fsp3) is 0.423. The average Bonchev–Trinajstić information content (AvgIpc) is 2.86. The number of rotatable bonds is 10. The van der Waals surface area contributed by atoms with E-state index >= 15 is 0 Å². The highest BCUT2D eigenvalue weighted by Gasteiger charge is 2.27. The molecule has 0 saturated carbocycles. The Balaban J connectivity index is 1.36. The number of halogens is 1. The highest BCUT2D eigenvalue weighted by molar-refractivity contribution is 6.30. The monoisotopic (exact) mass is 531 g/mol. The van der Waals surface area contributed by atoms with E-state index in [1.54, 1.807) is 6.07 Å². The Labute approximate surface area is 218 Å². The van der Waals surface area contributed by atoms with Gasteiger partial charge in [-0.05, 0) is 36.2 Å². The quantitative estimate of drug-likeness (QED) is 0.229. The van der Waals surface area contributed by atoms with E-state index in [0.29, 0.717) is 30.7 Å². The Morgan fingerprint density at radius 1 is 1.14 bits per heavy atom. The predicted octanol–water partition coefficient (Wildman–Crippen LogP) is 3.57. The van der Waals surface area contributed by atoms with Crippen molar-refractivity contribution in [3.05, 3.63) is 73.1 Å². The minimum Gasteiger partial charge on any atom is -0.501 e. The molecule has 198 valence electrons. The predicted molar refractivity (Wildman–Crippen MR) is 139 cm³/mol. The number of aromatic hydroxyl groups is 1. The van der Waals surface area contributed by atoms with E-state index in [-0.39, 0.29) is 17.6 Å². The topological polar surface area (TPSA) is 130 Å². The van der Waals surface area contributed by atoms with E-state index in [1.165, 1.54) is 11.6 Å². The highest BCUT2D eigenvalue weighted by Crippen LogP contribution is 2.37. The maximum atomic E-state index is 12.1.